The van der Waals surface area contributed by atoms with E-state index in [4.69, 9.17) is 9.47 Å². The van der Waals surface area contributed by atoms with Gasteiger partial charge < -0.3 is 20.1 Å². The Bertz CT molecular complexity index is 743. The lowest BCUT2D eigenvalue weighted by atomic mass is 9.94. The second-order valence-electron chi connectivity index (χ2n) is 7.31. The molecule has 0 aromatic heterocycles. The molecule has 3 rings (SSSR count). The highest BCUT2D eigenvalue weighted by Crippen LogP contribution is 2.35. The molecule has 2 N–H and O–H groups in total. The molecule has 1 fully saturated rings. The summed E-state index contributed by atoms with van der Waals surface area (Å²) >= 11 is 0. The molecule has 0 saturated heterocycles. The van der Waals surface area contributed by atoms with Gasteiger partial charge in [0.2, 0.25) is 0 Å². The van der Waals surface area contributed by atoms with Gasteiger partial charge in [-0.1, -0.05) is 32.0 Å². The lowest BCUT2D eigenvalue weighted by Crippen LogP contribution is -2.45. The second kappa shape index (κ2) is 8.46. The zero-order valence-corrected chi connectivity index (χ0v) is 16.2. The molecule has 0 unspecified atom stereocenters. The molecule has 1 aliphatic carbocycles. The summed E-state index contributed by atoms with van der Waals surface area (Å²) in [4.78, 5) is 25.1. The van der Waals surface area contributed by atoms with E-state index >= 15 is 0 Å². The molecule has 0 spiro atoms. The molecule has 27 heavy (non-hydrogen) atoms. The maximum absolute atomic E-state index is 13.0. The van der Waals surface area contributed by atoms with Crippen molar-refractivity contribution >= 4 is 12.0 Å². The summed E-state index contributed by atoms with van der Waals surface area (Å²) in [6.45, 7) is 6.44. The fourth-order valence-electron chi connectivity index (χ4n) is 3.75. The van der Waals surface area contributed by atoms with E-state index in [0.29, 0.717) is 29.5 Å². The molecule has 1 aliphatic heterocycles. The summed E-state index contributed by atoms with van der Waals surface area (Å²) in [5.74, 6) is 0.646. The first kappa shape index (κ1) is 19.3. The predicted octanol–water partition coefficient (Wildman–Crippen LogP) is 3.84. The number of ether oxygens (including phenoxy) is 2. The number of carbonyl (C=O) groups excluding carboxylic acids is 2. The molecule has 1 heterocycles. The fraction of sp³-hybridized carbons (Fsp3) is 0.524. The number of hydrogen-bond donors (Lipinski definition) is 2. The van der Waals surface area contributed by atoms with E-state index in [1.54, 1.807) is 6.92 Å². The number of allylic oxidation sites excluding steroid dienone is 1. The van der Waals surface area contributed by atoms with Gasteiger partial charge >= 0.3 is 12.0 Å². The minimum Gasteiger partial charge on any atom is -0.493 e. The maximum Gasteiger partial charge on any atom is 0.338 e. The number of benzene rings is 1. The number of hydrogen-bond acceptors (Lipinski definition) is 4. The normalized spacial score (nSPS) is 25.0. The molecule has 2 amide bonds. The van der Waals surface area contributed by atoms with Crippen LogP contribution in [-0.2, 0) is 9.53 Å². The van der Waals surface area contributed by atoms with Crippen molar-refractivity contribution in [3.8, 4) is 5.75 Å². The molecule has 1 aromatic carbocycles. The predicted molar refractivity (Wildman–Crippen MR) is 102 cm³/mol. The minimum absolute atomic E-state index is 0.0670. The van der Waals surface area contributed by atoms with Crippen molar-refractivity contribution in [1.82, 2.24) is 10.6 Å². The first-order valence-electron chi connectivity index (χ1n) is 9.72. The van der Waals surface area contributed by atoms with Gasteiger partial charge in [-0.2, -0.15) is 0 Å². The van der Waals surface area contributed by atoms with Crippen LogP contribution in [0.25, 0.3) is 0 Å². The molecule has 6 heteroatoms. The Morgan fingerprint density at radius 1 is 1.26 bits per heavy atom. The molecular formula is C21H28N2O4. The number of carbonyl (C=O) groups is 2. The van der Waals surface area contributed by atoms with Gasteiger partial charge in [0.25, 0.3) is 0 Å². The molecule has 6 nitrogen and oxygen atoms in total. The molecule has 1 saturated carbocycles. The second-order valence-corrected chi connectivity index (χ2v) is 7.31. The van der Waals surface area contributed by atoms with Gasteiger partial charge in [-0.15, -0.1) is 0 Å². The number of urea groups is 1. The molecule has 2 aliphatic rings. The van der Waals surface area contributed by atoms with Crippen LogP contribution in [0.1, 0.15) is 58.1 Å². The lowest BCUT2D eigenvalue weighted by Gasteiger charge is -2.30. The average Bonchev–Trinajstić information content (AvgIpc) is 3.04. The van der Waals surface area contributed by atoms with E-state index in [2.05, 4.69) is 17.6 Å². The van der Waals surface area contributed by atoms with Gasteiger partial charge in [-0.25, -0.2) is 9.59 Å². The summed E-state index contributed by atoms with van der Waals surface area (Å²) in [5, 5.41) is 5.55. The van der Waals surface area contributed by atoms with E-state index in [-0.39, 0.29) is 18.1 Å². The molecule has 3 atom stereocenters. The van der Waals surface area contributed by atoms with Crippen molar-refractivity contribution < 1.29 is 19.1 Å². The van der Waals surface area contributed by atoms with E-state index < -0.39 is 6.04 Å². The number of amides is 2. The Kier molecular flexibility index (Phi) is 6.04. The topological polar surface area (TPSA) is 76.7 Å². The Labute approximate surface area is 160 Å². The highest BCUT2D eigenvalue weighted by Gasteiger charge is 2.36. The first-order chi connectivity index (χ1) is 13.0. The van der Waals surface area contributed by atoms with Gasteiger partial charge in [0.1, 0.15) is 11.9 Å². The SMILES string of the molecule is CCCOc1ccccc1[C@@H]1NC(=O)NC(C)=C1C(=O)O[C@H]1CCC[C@@H]1C. The number of nitrogens with one attached hydrogen (secondary N) is 2. The highest BCUT2D eigenvalue weighted by atomic mass is 16.5. The minimum atomic E-state index is -0.601. The van der Waals surface area contributed by atoms with E-state index in [0.717, 1.165) is 31.2 Å². The Morgan fingerprint density at radius 2 is 2.04 bits per heavy atom. The third-order valence-electron chi connectivity index (χ3n) is 5.22. The molecule has 146 valence electrons. The zero-order chi connectivity index (χ0) is 19.4. The van der Waals surface area contributed by atoms with Crippen LogP contribution in [0.15, 0.2) is 35.5 Å². The molecule has 1 aromatic rings. The molecular weight excluding hydrogens is 344 g/mol. The van der Waals surface area contributed by atoms with Crippen molar-refractivity contribution in [2.75, 3.05) is 6.61 Å². The van der Waals surface area contributed by atoms with Gasteiger partial charge in [0, 0.05) is 11.3 Å². The van der Waals surface area contributed by atoms with Crippen molar-refractivity contribution in [2.24, 2.45) is 5.92 Å². The Hall–Kier alpha value is -2.50. The third kappa shape index (κ3) is 4.26. The standard InChI is InChI=1S/C21H28N2O4/c1-4-12-26-17-10-6-5-9-15(17)19-18(14(3)22-21(25)23-19)20(24)27-16-11-7-8-13(16)2/h5-6,9-10,13,16,19H,4,7-8,11-12H2,1-3H3,(H2,22,23,25)/t13-,16-,19-/m0/s1. The monoisotopic (exact) mass is 372 g/mol. The maximum atomic E-state index is 13.0. The summed E-state index contributed by atoms with van der Waals surface area (Å²) < 4.78 is 11.7. The van der Waals surface area contributed by atoms with Crippen molar-refractivity contribution in [2.45, 2.75) is 58.6 Å². The van der Waals surface area contributed by atoms with Gasteiger partial charge in [-0.3, -0.25) is 0 Å². The number of para-hydroxylation sites is 1. The van der Waals surface area contributed by atoms with E-state index in [9.17, 15) is 9.59 Å². The average molecular weight is 372 g/mol. The summed E-state index contributed by atoms with van der Waals surface area (Å²) in [6, 6.07) is 6.55. The van der Waals surface area contributed by atoms with Crippen LogP contribution in [0.4, 0.5) is 4.79 Å². The van der Waals surface area contributed by atoms with Crippen LogP contribution in [0.3, 0.4) is 0 Å². The number of esters is 1. The van der Waals surface area contributed by atoms with E-state index in [1.807, 2.05) is 31.2 Å². The summed E-state index contributed by atoms with van der Waals surface area (Å²) in [7, 11) is 0. The lowest BCUT2D eigenvalue weighted by molar-refractivity contribution is -0.146. The smallest absolute Gasteiger partial charge is 0.338 e. The first-order valence-corrected chi connectivity index (χ1v) is 9.72. The Morgan fingerprint density at radius 3 is 2.74 bits per heavy atom. The van der Waals surface area contributed by atoms with Crippen molar-refractivity contribution in [1.29, 1.82) is 0 Å². The van der Waals surface area contributed by atoms with Gasteiger partial charge in [-0.05, 0) is 44.6 Å². The largest absolute Gasteiger partial charge is 0.493 e. The van der Waals surface area contributed by atoms with Crippen LogP contribution in [-0.4, -0.2) is 24.7 Å². The number of rotatable bonds is 6. The zero-order valence-electron chi connectivity index (χ0n) is 16.2. The summed E-state index contributed by atoms with van der Waals surface area (Å²) in [6.07, 6.45) is 3.84. The third-order valence-corrected chi connectivity index (χ3v) is 5.22. The highest BCUT2D eigenvalue weighted by molar-refractivity contribution is 5.95. The molecule has 0 radical (unpaired) electrons. The molecule has 0 bridgehead atoms. The van der Waals surface area contributed by atoms with Crippen LogP contribution < -0.4 is 15.4 Å². The fourth-order valence-corrected chi connectivity index (χ4v) is 3.75. The van der Waals surface area contributed by atoms with Gasteiger partial charge in [0.05, 0.1) is 18.2 Å². The summed E-state index contributed by atoms with van der Waals surface area (Å²) in [5.41, 5.74) is 1.71. The van der Waals surface area contributed by atoms with Crippen LogP contribution >= 0.6 is 0 Å². The van der Waals surface area contributed by atoms with E-state index in [1.165, 1.54) is 0 Å². The van der Waals surface area contributed by atoms with Crippen molar-refractivity contribution in [3.63, 3.8) is 0 Å². The van der Waals surface area contributed by atoms with Crippen LogP contribution in [0, 0.1) is 5.92 Å². The quantitative estimate of drug-likeness (QED) is 0.744. The van der Waals surface area contributed by atoms with Gasteiger partial charge in [0.15, 0.2) is 0 Å². The van der Waals surface area contributed by atoms with Crippen LogP contribution in [0.2, 0.25) is 0 Å². The Balaban J connectivity index is 1.91. The van der Waals surface area contributed by atoms with Crippen molar-refractivity contribution in [3.05, 3.63) is 41.1 Å². The van der Waals surface area contributed by atoms with Crippen LogP contribution in [0.5, 0.6) is 5.75 Å².